The van der Waals surface area contributed by atoms with Gasteiger partial charge in [-0.3, -0.25) is 0 Å². The summed E-state index contributed by atoms with van der Waals surface area (Å²) in [6, 6.07) is 8.19. The Morgan fingerprint density at radius 1 is 1.21 bits per heavy atom. The Labute approximate surface area is 82.3 Å². The van der Waals surface area contributed by atoms with Gasteiger partial charge in [0.05, 0.1) is 6.10 Å². The van der Waals surface area contributed by atoms with Crippen LogP contribution in [-0.4, -0.2) is 17.7 Å². The van der Waals surface area contributed by atoms with Gasteiger partial charge in [0.2, 0.25) is 0 Å². The van der Waals surface area contributed by atoms with Crippen molar-refractivity contribution >= 4 is 0 Å². The summed E-state index contributed by atoms with van der Waals surface area (Å²) in [5.41, 5.74) is 2.48. The summed E-state index contributed by atoms with van der Waals surface area (Å²) in [7, 11) is 0. The van der Waals surface area contributed by atoms with E-state index in [9.17, 15) is 5.11 Å². The number of hydrogen-bond donors (Lipinski definition) is 1. The molecule has 0 aromatic heterocycles. The highest BCUT2D eigenvalue weighted by Gasteiger charge is 2.35. The van der Waals surface area contributed by atoms with E-state index in [-0.39, 0.29) is 12.4 Å². The molecule has 3 nitrogen and oxygen atoms in total. The first-order valence-corrected chi connectivity index (χ1v) is 4.90. The maximum Gasteiger partial charge on any atom is 0.165 e. The molecule has 0 radical (unpaired) electrons. The molecule has 0 spiro atoms. The van der Waals surface area contributed by atoms with E-state index in [4.69, 9.17) is 9.47 Å². The molecule has 1 N–H and O–H groups in total. The van der Waals surface area contributed by atoms with Gasteiger partial charge in [0, 0.05) is 12.8 Å². The van der Waals surface area contributed by atoms with Gasteiger partial charge < -0.3 is 14.6 Å². The summed E-state index contributed by atoms with van der Waals surface area (Å²) in [6.07, 6.45) is 0.344. The summed E-state index contributed by atoms with van der Waals surface area (Å²) in [4.78, 5) is 0. The lowest BCUT2D eigenvalue weighted by Gasteiger charge is -2.38. The summed E-state index contributed by atoms with van der Waals surface area (Å²) < 4.78 is 10.9. The van der Waals surface area contributed by atoms with Crippen molar-refractivity contribution in [3.8, 4) is 0 Å². The van der Waals surface area contributed by atoms with Gasteiger partial charge in [-0.25, -0.2) is 0 Å². The van der Waals surface area contributed by atoms with Gasteiger partial charge in [-0.2, -0.15) is 0 Å². The van der Waals surface area contributed by atoms with Crippen molar-refractivity contribution in [2.75, 3.05) is 0 Å². The summed E-state index contributed by atoms with van der Waals surface area (Å²) >= 11 is 0. The van der Waals surface area contributed by atoms with Crippen molar-refractivity contribution in [2.24, 2.45) is 0 Å². The van der Waals surface area contributed by atoms with E-state index in [0.29, 0.717) is 6.42 Å². The number of ether oxygens (including phenoxy) is 2. The molecule has 1 fully saturated rings. The highest BCUT2D eigenvalue weighted by atomic mass is 16.7. The molecular weight excluding hydrogens is 180 g/mol. The zero-order valence-corrected chi connectivity index (χ0v) is 7.72. The summed E-state index contributed by atoms with van der Waals surface area (Å²) in [6.45, 7) is 0. The van der Waals surface area contributed by atoms with E-state index < -0.39 is 6.29 Å². The van der Waals surface area contributed by atoms with E-state index in [1.807, 2.05) is 12.1 Å². The van der Waals surface area contributed by atoms with Crippen LogP contribution in [0, 0.1) is 0 Å². The molecule has 3 unspecified atom stereocenters. The zero-order valence-electron chi connectivity index (χ0n) is 7.72. The molecular formula is C11H12O3. The average molecular weight is 192 g/mol. The fraction of sp³-hybridized carbons (Fsp3) is 0.455. The van der Waals surface area contributed by atoms with Gasteiger partial charge in [0.15, 0.2) is 12.6 Å². The molecule has 2 aliphatic heterocycles. The van der Waals surface area contributed by atoms with Crippen molar-refractivity contribution in [2.45, 2.75) is 31.5 Å². The van der Waals surface area contributed by atoms with E-state index in [1.54, 1.807) is 0 Å². The highest BCUT2D eigenvalue weighted by Crippen LogP contribution is 2.37. The fourth-order valence-corrected chi connectivity index (χ4v) is 2.19. The Morgan fingerprint density at radius 2 is 2.07 bits per heavy atom. The number of rotatable bonds is 0. The Kier molecular flexibility index (Phi) is 1.83. The molecule has 1 saturated heterocycles. The van der Waals surface area contributed by atoms with E-state index in [2.05, 4.69) is 12.1 Å². The Hall–Kier alpha value is -0.900. The van der Waals surface area contributed by atoms with E-state index in [0.717, 1.165) is 6.42 Å². The van der Waals surface area contributed by atoms with Gasteiger partial charge in [-0.15, -0.1) is 0 Å². The largest absolute Gasteiger partial charge is 0.368 e. The van der Waals surface area contributed by atoms with Gasteiger partial charge in [0.25, 0.3) is 0 Å². The predicted molar refractivity (Wildman–Crippen MR) is 49.5 cm³/mol. The second-order valence-electron chi connectivity index (χ2n) is 3.78. The second-order valence-corrected chi connectivity index (χ2v) is 3.78. The van der Waals surface area contributed by atoms with Gasteiger partial charge in [-0.1, -0.05) is 24.3 Å². The van der Waals surface area contributed by atoms with Crippen LogP contribution in [0.15, 0.2) is 24.3 Å². The van der Waals surface area contributed by atoms with Crippen LogP contribution < -0.4 is 0 Å². The maximum absolute atomic E-state index is 9.44. The first kappa shape index (κ1) is 8.41. The minimum absolute atomic E-state index is 0.00806. The molecule has 2 bridgehead atoms. The Balaban J connectivity index is 2.01. The van der Waals surface area contributed by atoms with E-state index in [1.165, 1.54) is 11.1 Å². The quantitative estimate of drug-likeness (QED) is 0.674. The minimum atomic E-state index is -0.674. The molecule has 3 heteroatoms. The van der Waals surface area contributed by atoms with Crippen molar-refractivity contribution in [3.63, 3.8) is 0 Å². The van der Waals surface area contributed by atoms with Crippen LogP contribution in [0.2, 0.25) is 0 Å². The number of aliphatic hydroxyl groups is 1. The van der Waals surface area contributed by atoms with Crippen molar-refractivity contribution in [1.29, 1.82) is 0 Å². The SMILES string of the molecule is OC1CC2OC(Cc3ccccc32)O1. The number of benzene rings is 1. The first-order valence-electron chi connectivity index (χ1n) is 4.90. The Bertz CT molecular complexity index is 350. The number of fused-ring (bicyclic) bond motifs is 4. The molecule has 0 aliphatic carbocycles. The smallest absolute Gasteiger partial charge is 0.165 e. The summed E-state index contributed by atoms with van der Waals surface area (Å²) in [5.74, 6) is 0. The second kappa shape index (κ2) is 3.05. The number of hydrogen-bond acceptors (Lipinski definition) is 3. The molecule has 2 heterocycles. The van der Waals surface area contributed by atoms with Crippen LogP contribution >= 0.6 is 0 Å². The van der Waals surface area contributed by atoms with Crippen LogP contribution in [0.25, 0.3) is 0 Å². The number of aliphatic hydroxyl groups excluding tert-OH is 1. The third-order valence-electron chi connectivity index (χ3n) is 2.83. The van der Waals surface area contributed by atoms with E-state index >= 15 is 0 Å². The predicted octanol–water partition coefficient (Wildman–Crippen LogP) is 1.37. The standard InChI is InChI=1S/C11H12O3/c12-10-6-9-8-4-2-1-3-7(8)5-11(13-9)14-10/h1-4,9-12H,5-6H2. The molecule has 1 aromatic carbocycles. The molecule has 74 valence electrons. The molecule has 3 atom stereocenters. The lowest BCUT2D eigenvalue weighted by molar-refractivity contribution is -0.300. The molecule has 0 saturated carbocycles. The lowest BCUT2D eigenvalue weighted by atomic mass is 9.94. The minimum Gasteiger partial charge on any atom is -0.368 e. The highest BCUT2D eigenvalue weighted by molar-refractivity contribution is 5.31. The van der Waals surface area contributed by atoms with Gasteiger partial charge >= 0.3 is 0 Å². The van der Waals surface area contributed by atoms with Crippen molar-refractivity contribution < 1.29 is 14.6 Å². The monoisotopic (exact) mass is 192 g/mol. The molecule has 1 aromatic rings. The van der Waals surface area contributed by atoms with Crippen LogP contribution in [0.5, 0.6) is 0 Å². The van der Waals surface area contributed by atoms with Crippen LogP contribution in [0.3, 0.4) is 0 Å². The van der Waals surface area contributed by atoms with Gasteiger partial charge in [0.1, 0.15) is 0 Å². The molecule has 14 heavy (non-hydrogen) atoms. The first-order chi connectivity index (χ1) is 6.83. The van der Waals surface area contributed by atoms with Crippen LogP contribution in [0.4, 0.5) is 0 Å². The lowest BCUT2D eigenvalue weighted by Crippen LogP contribution is -2.39. The third-order valence-corrected chi connectivity index (χ3v) is 2.83. The Morgan fingerprint density at radius 3 is 3.00 bits per heavy atom. The maximum atomic E-state index is 9.44. The summed E-state index contributed by atoms with van der Waals surface area (Å²) in [5, 5.41) is 9.44. The van der Waals surface area contributed by atoms with Crippen molar-refractivity contribution in [3.05, 3.63) is 35.4 Å². The average Bonchev–Trinajstić information content (AvgIpc) is 2.17. The van der Waals surface area contributed by atoms with Gasteiger partial charge in [-0.05, 0) is 11.1 Å². The molecule has 3 rings (SSSR count). The molecule has 0 amide bonds. The molecule has 2 aliphatic rings. The normalized spacial score (nSPS) is 35.1. The zero-order chi connectivity index (χ0) is 9.54. The van der Waals surface area contributed by atoms with Crippen LogP contribution in [0.1, 0.15) is 23.7 Å². The topological polar surface area (TPSA) is 38.7 Å². The third kappa shape index (κ3) is 1.25. The van der Waals surface area contributed by atoms with Crippen LogP contribution in [-0.2, 0) is 15.9 Å². The fourth-order valence-electron chi connectivity index (χ4n) is 2.19. The van der Waals surface area contributed by atoms with Crippen molar-refractivity contribution in [1.82, 2.24) is 0 Å².